The lowest BCUT2D eigenvalue weighted by Gasteiger charge is -2.13. The summed E-state index contributed by atoms with van der Waals surface area (Å²) < 4.78 is 3.91. The molecule has 0 saturated carbocycles. The summed E-state index contributed by atoms with van der Waals surface area (Å²) in [7, 11) is 1.93. The molecule has 18 heavy (non-hydrogen) atoms. The Hall–Kier alpha value is -1.62. The predicted molar refractivity (Wildman–Crippen MR) is 71.0 cm³/mol. The zero-order chi connectivity index (χ0) is 13.0. The molecule has 1 N–H and O–H groups in total. The van der Waals surface area contributed by atoms with Gasteiger partial charge in [-0.05, 0) is 25.5 Å². The van der Waals surface area contributed by atoms with E-state index in [2.05, 4.69) is 40.1 Å². The quantitative estimate of drug-likeness (QED) is 0.848. The van der Waals surface area contributed by atoms with Gasteiger partial charge in [0.05, 0.1) is 11.4 Å². The Morgan fingerprint density at radius 2 is 2.17 bits per heavy atom. The van der Waals surface area contributed by atoms with E-state index in [1.165, 1.54) is 5.69 Å². The molecule has 0 fully saturated rings. The monoisotopic (exact) mass is 247 g/mol. The third-order valence-corrected chi connectivity index (χ3v) is 3.14. The van der Waals surface area contributed by atoms with Crippen molar-refractivity contribution in [3.8, 4) is 0 Å². The van der Waals surface area contributed by atoms with Gasteiger partial charge < -0.3 is 5.32 Å². The highest BCUT2D eigenvalue weighted by Gasteiger charge is 2.07. The van der Waals surface area contributed by atoms with E-state index < -0.39 is 0 Å². The molecule has 1 atom stereocenters. The molecule has 0 bridgehead atoms. The summed E-state index contributed by atoms with van der Waals surface area (Å²) in [5, 5.41) is 12.1. The molecular weight excluding hydrogens is 226 g/mol. The van der Waals surface area contributed by atoms with E-state index in [-0.39, 0.29) is 0 Å². The van der Waals surface area contributed by atoms with Gasteiger partial charge in [0.15, 0.2) is 0 Å². The minimum absolute atomic E-state index is 0.451. The van der Waals surface area contributed by atoms with Crippen molar-refractivity contribution in [3.05, 3.63) is 35.9 Å². The maximum atomic E-state index is 4.37. The fourth-order valence-electron chi connectivity index (χ4n) is 1.93. The van der Waals surface area contributed by atoms with Gasteiger partial charge in [-0.1, -0.05) is 6.92 Å². The van der Waals surface area contributed by atoms with Crippen molar-refractivity contribution in [2.24, 2.45) is 7.05 Å². The van der Waals surface area contributed by atoms with Crippen molar-refractivity contribution in [2.75, 3.05) is 0 Å². The van der Waals surface area contributed by atoms with Crippen molar-refractivity contribution in [1.82, 2.24) is 24.9 Å². The Balaban J connectivity index is 1.88. The van der Waals surface area contributed by atoms with E-state index in [1.54, 1.807) is 0 Å². The van der Waals surface area contributed by atoms with Crippen LogP contribution >= 0.6 is 0 Å². The largest absolute Gasteiger partial charge is 0.305 e. The molecular formula is C13H21N5. The molecule has 2 aromatic heterocycles. The first-order chi connectivity index (χ1) is 8.70. The zero-order valence-corrected chi connectivity index (χ0v) is 11.3. The molecule has 5 heteroatoms. The highest BCUT2D eigenvalue weighted by Crippen LogP contribution is 2.12. The molecule has 2 rings (SSSR count). The Labute approximate surface area is 108 Å². The van der Waals surface area contributed by atoms with Gasteiger partial charge in [-0.25, -0.2) is 0 Å². The summed E-state index contributed by atoms with van der Waals surface area (Å²) in [5.41, 5.74) is 2.28. The average molecular weight is 247 g/mol. The molecule has 0 aromatic carbocycles. The van der Waals surface area contributed by atoms with Crippen molar-refractivity contribution < 1.29 is 0 Å². The molecule has 98 valence electrons. The molecule has 2 aromatic rings. The molecule has 2 heterocycles. The normalized spacial score (nSPS) is 12.8. The van der Waals surface area contributed by atoms with Gasteiger partial charge in [-0.2, -0.15) is 10.2 Å². The zero-order valence-electron chi connectivity index (χ0n) is 11.3. The van der Waals surface area contributed by atoms with Gasteiger partial charge in [-0.15, -0.1) is 0 Å². The van der Waals surface area contributed by atoms with Crippen LogP contribution in [0.4, 0.5) is 0 Å². The Morgan fingerprint density at radius 3 is 2.83 bits per heavy atom. The van der Waals surface area contributed by atoms with E-state index in [0.717, 1.165) is 25.2 Å². The summed E-state index contributed by atoms with van der Waals surface area (Å²) in [6.45, 7) is 5.97. The molecule has 5 nitrogen and oxygen atoms in total. The van der Waals surface area contributed by atoms with Crippen molar-refractivity contribution in [1.29, 1.82) is 0 Å². The second-order valence-electron chi connectivity index (χ2n) is 4.61. The number of aryl methyl sites for hydroxylation is 1. The molecule has 0 aliphatic heterocycles. The van der Waals surface area contributed by atoms with E-state index in [4.69, 9.17) is 0 Å². The number of nitrogens with one attached hydrogen (secondary N) is 1. The first-order valence-corrected chi connectivity index (χ1v) is 6.42. The van der Waals surface area contributed by atoms with Crippen molar-refractivity contribution in [2.45, 2.75) is 39.4 Å². The van der Waals surface area contributed by atoms with E-state index in [1.807, 2.05) is 30.2 Å². The lowest BCUT2D eigenvalue weighted by molar-refractivity contribution is 0.451. The summed E-state index contributed by atoms with van der Waals surface area (Å²) in [4.78, 5) is 0. The van der Waals surface area contributed by atoms with Crippen LogP contribution in [0.15, 0.2) is 24.5 Å². The SMILES string of the molecule is CC[C@@H](C)n1nccc1CNCc1ccn(C)n1. The molecule has 0 amide bonds. The summed E-state index contributed by atoms with van der Waals surface area (Å²) in [6.07, 6.45) is 4.92. The summed E-state index contributed by atoms with van der Waals surface area (Å²) >= 11 is 0. The number of nitrogens with zero attached hydrogens (tertiary/aromatic N) is 4. The van der Waals surface area contributed by atoms with E-state index in [0.29, 0.717) is 6.04 Å². The van der Waals surface area contributed by atoms with Crippen LogP contribution in [-0.2, 0) is 20.1 Å². The third-order valence-electron chi connectivity index (χ3n) is 3.14. The third kappa shape index (κ3) is 2.98. The average Bonchev–Trinajstić information content (AvgIpc) is 2.98. The number of aromatic nitrogens is 4. The van der Waals surface area contributed by atoms with Crippen LogP contribution in [0.2, 0.25) is 0 Å². The van der Waals surface area contributed by atoms with Crippen LogP contribution in [-0.4, -0.2) is 19.6 Å². The first kappa shape index (κ1) is 12.8. The Kier molecular flexibility index (Phi) is 4.15. The van der Waals surface area contributed by atoms with E-state index >= 15 is 0 Å². The number of rotatable bonds is 6. The standard InChI is InChI=1S/C13H21N5/c1-4-11(2)18-13(5-7-15-18)10-14-9-12-6-8-17(3)16-12/h5-8,11,14H,4,9-10H2,1-3H3/t11-/m1/s1. The van der Waals surface area contributed by atoms with Gasteiger partial charge in [-0.3, -0.25) is 9.36 Å². The Morgan fingerprint density at radius 1 is 1.33 bits per heavy atom. The van der Waals surface area contributed by atoms with Gasteiger partial charge in [0.25, 0.3) is 0 Å². The fraction of sp³-hybridized carbons (Fsp3) is 0.538. The predicted octanol–water partition coefficient (Wildman–Crippen LogP) is 1.88. The molecule has 0 saturated heterocycles. The van der Waals surface area contributed by atoms with Crippen LogP contribution in [0.5, 0.6) is 0 Å². The number of hydrogen-bond acceptors (Lipinski definition) is 3. The second-order valence-corrected chi connectivity index (χ2v) is 4.61. The van der Waals surface area contributed by atoms with Gasteiger partial charge in [0.1, 0.15) is 0 Å². The molecule has 0 spiro atoms. The van der Waals surface area contributed by atoms with Crippen LogP contribution in [0.1, 0.15) is 37.7 Å². The highest BCUT2D eigenvalue weighted by atomic mass is 15.3. The molecule has 0 unspecified atom stereocenters. The van der Waals surface area contributed by atoms with Crippen LogP contribution < -0.4 is 5.32 Å². The van der Waals surface area contributed by atoms with Gasteiger partial charge in [0, 0.05) is 38.6 Å². The minimum atomic E-state index is 0.451. The maximum Gasteiger partial charge on any atom is 0.0762 e. The number of hydrogen-bond donors (Lipinski definition) is 1. The summed E-state index contributed by atoms with van der Waals surface area (Å²) in [5.74, 6) is 0. The van der Waals surface area contributed by atoms with Crippen LogP contribution in [0, 0.1) is 0 Å². The maximum absolute atomic E-state index is 4.37. The highest BCUT2D eigenvalue weighted by molar-refractivity contribution is 5.03. The molecule has 0 radical (unpaired) electrons. The molecule has 0 aliphatic carbocycles. The smallest absolute Gasteiger partial charge is 0.0762 e. The van der Waals surface area contributed by atoms with Crippen LogP contribution in [0.25, 0.3) is 0 Å². The Bertz CT molecular complexity index is 485. The van der Waals surface area contributed by atoms with E-state index in [9.17, 15) is 0 Å². The lowest BCUT2D eigenvalue weighted by Crippen LogP contribution is -2.18. The van der Waals surface area contributed by atoms with Crippen LogP contribution in [0.3, 0.4) is 0 Å². The summed E-state index contributed by atoms with van der Waals surface area (Å²) in [6, 6.07) is 4.54. The first-order valence-electron chi connectivity index (χ1n) is 6.42. The fourth-order valence-corrected chi connectivity index (χ4v) is 1.93. The van der Waals surface area contributed by atoms with Gasteiger partial charge >= 0.3 is 0 Å². The van der Waals surface area contributed by atoms with Gasteiger partial charge in [0.2, 0.25) is 0 Å². The molecule has 0 aliphatic rings. The lowest BCUT2D eigenvalue weighted by atomic mass is 10.2. The minimum Gasteiger partial charge on any atom is -0.305 e. The van der Waals surface area contributed by atoms with Crippen molar-refractivity contribution in [3.63, 3.8) is 0 Å². The van der Waals surface area contributed by atoms with Crippen molar-refractivity contribution >= 4 is 0 Å². The topological polar surface area (TPSA) is 47.7 Å². The second kappa shape index (κ2) is 5.82.